The largest absolute Gasteiger partial charge is 0.444 e. The van der Waals surface area contributed by atoms with E-state index in [0.717, 1.165) is 6.42 Å². The van der Waals surface area contributed by atoms with Crippen LogP contribution in [0.4, 0.5) is 4.39 Å². The molecule has 0 bridgehead atoms. The summed E-state index contributed by atoms with van der Waals surface area (Å²) in [4.78, 5) is 21.2. The molecule has 1 amide bonds. The third-order valence-electron chi connectivity index (χ3n) is 4.53. The van der Waals surface area contributed by atoms with Gasteiger partial charge in [0.1, 0.15) is 24.4 Å². The van der Waals surface area contributed by atoms with Crippen LogP contribution in [0, 0.1) is 11.7 Å². The number of carbonyl (C=O) groups is 1. The summed E-state index contributed by atoms with van der Waals surface area (Å²) in [5, 5.41) is 0. The van der Waals surface area contributed by atoms with Gasteiger partial charge in [0.05, 0.1) is 0 Å². The summed E-state index contributed by atoms with van der Waals surface area (Å²) in [5.41, 5.74) is 3.54. The Labute approximate surface area is 146 Å². The van der Waals surface area contributed by atoms with Crippen LogP contribution in [-0.4, -0.2) is 10.9 Å². The van der Waals surface area contributed by atoms with Gasteiger partial charge in [0.15, 0.2) is 0 Å². The number of amides is 1. The van der Waals surface area contributed by atoms with Crippen LogP contribution in [0.15, 0.2) is 34.9 Å². The van der Waals surface area contributed by atoms with Gasteiger partial charge in [0.2, 0.25) is 11.8 Å². The fraction of sp³-hybridized carbons (Fsp3) is 0.474. The molecule has 1 heterocycles. The molecule has 0 atom stereocenters. The van der Waals surface area contributed by atoms with E-state index in [4.69, 9.17) is 9.25 Å². The van der Waals surface area contributed by atoms with E-state index < -0.39 is 0 Å². The van der Waals surface area contributed by atoms with Crippen LogP contribution >= 0.6 is 0 Å². The predicted octanol–water partition coefficient (Wildman–Crippen LogP) is 4.39. The van der Waals surface area contributed by atoms with Gasteiger partial charge in [-0.3, -0.25) is 9.63 Å². The van der Waals surface area contributed by atoms with Crippen LogP contribution in [-0.2, 0) is 16.2 Å². The number of hydroxylamine groups is 1. The maximum atomic E-state index is 13.2. The Bertz CT molecular complexity index is 695. The highest BCUT2D eigenvalue weighted by atomic mass is 19.1. The lowest BCUT2D eigenvalue weighted by Gasteiger charge is -2.20. The van der Waals surface area contributed by atoms with Crippen LogP contribution in [0.2, 0.25) is 0 Å². The molecule has 0 radical (unpaired) electrons. The molecule has 1 N–H and O–H groups in total. The zero-order valence-corrected chi connectivity index (χ0v) is 14.2. The summed E-state index contributed by atoms with van der Waals surface area (Å²) < 4.78 is 18.5. The Morgan fingerprint density at radius 2 is 2.16 bits per heavy atom. The van der Waals surface area contributed by atoms with E-state index in [2.05, 4.69) is 10.5 Å². The Hall–Kier alpha value is -2.21. The molecule has 3 rings (SSSR count). The average molecular weight is 346 g/mol. The standard InChI is InChI=1S/C19H23FN2O3/c20-16-8-4-7-15(11-16)19-21-17(12-24-19)13-25-22-18(23)10-9-14-5-2-1-3-6-14/h4,7-8,11-12,14H,1-3,5-6,9-10,13H2,(H,22,23). The van der Waals surface area contributed by atoms with Crippen LogP contribution in [0.3, 0.4) is 0 Å². The highest BCUT2D eigenvalue weighted by Gasteiger charge is 2.15. The number of aromatic nitrogens is 1. The first-order chi connectivity index (χ1) is 12.2. The monoisotopic (exact) mass is 346 g/mol. The summed E-state index contributed by atoms with van der Waals surface area (Å²) >= 11 is 0. The van der Waals surface area contributed by atoms with Crippen LogP contribution in [0.5, 0.6) is 0 Å². The Kier molecular flexibility index (Phi) is 6.17. The van der Waals surface area contributed by atoms with Crippen molar-refractivity contribution in [3.63, 3.8) is 0 Å². The first-order valence-corrected chi connectivity index (χ1v) is 8.81. The van der Waals surface area contributed by atoms with Gasteiger partial charge in [-0.25, -0.2) is 14.9 Å². The fourth-order valence-corrected chi connectivity index (χ4v) is 3.18. The molecule has 1 fully saturated rings. The number of carbonyl (C=O) groups excluding carboxylic acids is 1. The highest BCUT2D eigenvalue weighted by Crippen LogP contribution is 2.27. The SMILES string of the molecule is O=C(CCC1CCCCC1)NOCc1coc(-c2cccc(F)c2)n1. The first-order valence-electron chi connectivity index (χ1n) is 8.81. The lowest BCUT2D eigenvalue weighted by molar-refractivity contribution is -0.135. The minimum Gasteiger partial charge on any atom is -0.444 e. The second-order valence-corrected chi connectivity index (χ2v) is 6.51. The molecule has 0 aliphatic heterocycles. The van der Waals surface area contributed by atoms with Gasteiger partial charge in [-0.15, -0.1) is 0 Å². The Balaban J connectivity index is 1.39. The minimum atomic E-state index is -0.348. The first kappa shape index (κ1) is 17.6. The number of nitrogens with zero attached hydrogens (tertiary/aromatic N) is 1. The highest BCUT2D eigenvalue weighted by molar-refractivity contribution is 5.74. The van der Waals surface area contributed by atoms with Crippen LogP contribution < -0.4 is 5.48 Å². The molecule has 2 aromatic rings. The second-order valence-electron chi connectivity index (χ2n) is 6.51. The number of oxazole rings is 1. The van der Waals surface area contributed by atoms with E-state index in [0.29, 0.717) is 29.5 Å². The van der Waals surface area contributed by atoms with Crippen molar-refractivity contribution in [1.82, 2.24) is 10.5 Å². The van der Waals surface area contributed by atoms with Gasteiger partial charge in [0.25, 0.3) is 0 Å². The van der Waals surface area contributed by atoms with Crippen molar-refractivity contribution in [3.05, 3.63) is 42.0 Å². The maximum Gasteiger partial charge on any atom is 0.243 e. The summed E-state index contributed by atoms with van der Waals surface area (Å²) in [7, 11) is 0. The summed E-state index contributed by atoms with van der Waals surface area (Å²) in [6.45, 7) is 0.105. The molecule has 1 saturated carbocycles. The van der Waals surface area contributed by atoms with Crippen molar-refractivity contribution < 1.29 is 18.4 Å². The van der Waals surface area contributed by atoms with E-state index in [1.165, 1.54) is 50.5 Å². The van der Waals surface area contributed by atoms with Gasteiger partial charge >= 0.3 is 0 Å². The molecule has 5 nitrogen and oxygen atoms in total. The van der Waals surface area contributed by atoms with E-state index in [1.807, 2.05) is 0 Å². The summed E-state index contributed by atoms with van der Waals surface area (Å²) in [6.07, 6.45) is 9.19. The Morgan fingerprint density at radius 1 is 1.32 bits per heavy atom. The van der Waals surface area contributed by atoms with E-state index in [1.54, 1.807) is 12.1 Å². The maximum absolute atomic E-state index is 13.2. The zero-order valence-electron chi connectivity index (χ0n) is 14.2. The predicted molar refractivity (Wildman–Crippen MR) is 90.6 cm³/mol. The number of halogens is 1. The van der Waals surface area contributed by atoms with Crippen molar-refractivity contribution in [2.24, 2.45) is 5.92 Å². The number of nitrogens with one attached hydrogen (secondary N) is 1. The van der Waals surface area contributed by atoms with Crippen LogP contribution in [0.25, 0.3) is 11.5 Å². The minimum absolute atomic E-state index is 0.105. The van der Waals surface area contributed by atoms with Gasteiger partial charge in [-0.05, 0) is 30.5 Å². The fourth-order valence-electron chi connectivity index (χ4n) is 3.18. The third kappa shape index (κ3) is 5.39. The molecule has 1 aromatic heterocycles. The smallest absolute Gasteiger partial charge is 0.243 e. The molecule has 0 saturated heterocycles. The van der Waals surface area contributed by atoms with Crippen molar-refractivity contribution in [1.29, 1.82) is 0 Å². The molecule has 1 aromatic carbocycles. The summed E-state index contributed by atoms with van der Waals surface area (Å²) in [5.74, 6) is 0.531. The van der Waals surface area contributed by atoms with Crippen LogP contribution in [0.1, 0.15) is 50.6 Å². The van der Waals surface area contributed by atoms with Gasteiger partial charge in [-0.2, -0.15) is 0 Å². The molecule has 1 aliphatic carbocycles. The van der Waals surface area contributed by atoms with E-state index in [9.17, 15) is 9.18 Å². The normalized spacial score (nSPS) is 15.2. The lowest BCUT2D eigenvalue weighted by Crippen LogP contribution is -2.24. The quantitative estimate of drug-likeness (QED) is 0.755. The van der Waals surface area contributed by atoms with Crippen molar-refractivity contribution in [2.45, 2.75) is 51.6 Å². The summed E-state index contributed by atoms with van der Waals surface area (Å²) in [6, 6.07) is 6.02. The molecule has 0 spiro atoms. The molecular weight excluding hydrogens is 323 g/mol. The zero-order chi connectivity index (χ0) is 17.5. The molecule has 6 heteroatoms. The number of benzene rings is 1. The van der Waals surface area contributed by atoms with Crippen molar-refractivity contribution in [2.75, 3.05) is 0 Å². The van der Waals surface area contributed by atoms with E-state index >= 15 is 0 Å². The van der Waals surface area contributed by atoms with Crippen molar-refractivity contribution >= 4 is 5.91 Å². The molecule has 0 unspecified atom stereocenters. The number of hydrogen-bond acceptors (Lipinski definition) is 4. The third-order valence-corrected chi connectivity index (χ3v) is 4.53. The topological polar surface area (TPSA) is 64.4 Å². The molecule has 134 valence electrons. The molecule has 25 heavy (non-hydrogen) atoms. The second kappa shape index (κ2) is 8.76. The number of hydrogen-bond donors (Lipinski definition) is 1. The molecule has 1 aliphatic rings. The lowest BCUT2D eigenvalue weighted by atomic mass is 9.86. The number of rotatable bonds is 7. The van der Waals surface area contributed by atoms with Gasteiger partial charge < -0.3 is 4.42 Å². The van der Waals surface area contributed by atoms with E-state index in [-0.39, 0.29) is 18.3 Å². The van der Waals surface area contributed by atoms with Gasteiger partial charge in [-0.1, -0.05) is 38.2 Å². The molecular formula is C19H23FN2O3. The van der Waals surface area contributed by atoms with Gasteiger partial charge in [0, 0.05) is 12.0 Å². The average Bonchev–Trinajstić information content (AvgIpc) is 3.10. The van der Waals surface area contributed by atoms with Crippen molar-refractivity contribution in [3.8, 4) is 11.5 Å². The Morgan fingerprint density at radius 3 is 2.96 bits per heavy atom.